The first-order valence-electron chi connectivity index (χ1n) is 10.4. The lowest BCUT2D eigenvalue weighted by atomic mass is 10.0. The van der Waals surface area contributed by atoms with Gasteiger partial charge in [-0.2, -0.15) is 5.10 Å². The lowest BCUT2D eigenvalue weighted by molar-refractivity contribution is 0.0955. The minimum absolute atomic E-state index is 0.124. The molecule has 1 N–H and O–H groups in total. The summed E-state index contributed by atoms with van der Waals surface area (Å²) in [6.45, 7) is 1.70. The van der Waals surface area contributed by atoms with E-state index >= 15 is 0 Å². The maximum absolute atomic E-state index is 12.5. The highest BCUT2D eigenvalue weighted by Gasteiger charge is 2.18. The van der Waals surface area contributed by atoms with Crippen LogP contribution in [0.3, 0.4) is 0 Å². The summed E-state index contributed by atoms with van der Waals surface area (Å²) in [7, 11) is 1.66. The number of anilines is 1. The van der Waals surface area contributed by atoms with Gasteiger partial charge < -0.3 is 9.64 Å². The summed E-state index contributed by atoms with van der Waals surface area (Å²) in [5.41, 5.74) is 7.07. The Bertz CT molecular complexity index is 1190. The number of benzene rings is 3. The maximum atomic E-state index is 12.5. The first kappa shape index (κ1) is 23.4. The standard InChI is InChI=1S/C25H22Cl3N3O2/c1-33-23-9-8-16(14-29-30-25(32)24-20(27)12-19(26)13-21(24)28)11-18(23)15-31-10-4-6-17-5-2-3-7-22(17)31/h2-3,5,7-9,11-14H,4,6,10,15H2,1H3,(H,30,32). The molecule has 3 aromatic carbocycles. The molecule has 1 amide bonds. The van der Waals surface area contributed by atoms with E-state index in [1.165, 1.54) is 23.4 Å². The number of hydrogen-bond donors (Lipinski definition) is 1. The quantitative estimate of drug-likeness (QED) is 0.315. The Morgan fingerprint density at radius 2 is 1.88 bits per heavy atom. The molecule has 5 nitrogen and oxygen atoms in total. The van der Waals surface area contributed by atoms with E-state index in [1.807, 2.05) is 18.2 Å². The molecule has 1 aliphatic rings. The highest BCUT2D eigenvalue weighted by molar-refractivity contribution is 6.42. The molecular weight excluding hydrogens is 481 g/mol. The number of amides is 1. The molecule has 0 aromatic heterocycles. The van der Waals surface area contributed by atoms with Crippen molar-refractivity contribution in [3.8, 4) is 5.75 Å². The summed E-state index contributed by atoms with van der Waals surface area (Å²) in [4.78, 5) is 14.8. The summed E-state index contributed by atoms with van der Waals surface area (Å²) in [6, 6.07) is 17.2. The van der Waals surface area contributed by atoms with E-state index in [1.54, 1.807) is 13.3 Å². The van der Waals surface area contributed by atoms with E-state index in [9.17, 15) is 4.79 Å². The van der Waals surface area contributed by atoms with Crippen LogP contribution in [0, 0.1) is 0 Å². The smallest absolute Gasteiger partial charge is 0.274 e. The molecule has 1 aliphatic heterocycles. The number of fused-ring (bicyclic) bond motifs is 1. The fourth-order valence-electron chi connectivity index (χ4n) is 3.96. The molecule has 0 saturated heterocycles. The molecule has 1 heterocycles. The first-order valence-corrected chi connectivity index (χ1v) is 11.6. The van der Waals surface area contributed by atoms with Crippen molar-refractivity contribution in [3.63, 3.8) is 0 Å². The summed E-state index contributed by atoms with van der Waals surface area (Å²) >= 11 is 18.1. The Morgan fingerprint density at radius 3 is 2.64 bits per heavy atom. The van der Waals surface area contributed by atoms with E-state index in [0.717, 1.165) is 36.3 Å². The molecule has 4 rings (SSSR count). The van der Waals surface area contributed by atoms with E-state index < -0.39 is 5.91 Å². The van der Waals surface area contributed by atoms with Crippen molar-refractivity contribution in [2.24, 2.45) is 5.10 Å². The van der Waals surface area contributed by atoms with Crippen LogP contribution in [0.15, 0.2) is 59.7 Å². The van der Waals surface area contributed by atoms with Crippen molar-refractivity contribution in [3.05, 3.63) is 91.9 Å². The van der Waals surface area contributed by atoms with Crippen molar-refractivity contribution in [2.75, 3.05) is 18.6 Å². The Hall–Kier alpha value is -2.73. The SMILES string of the molecule is COc1ccc(C=NNC(=O)c2c(Cl)cc(Cl)cc2Cl)cc1CN1CCCc2ccccc21. The highest BCUT2D eigenvalue weighted by atomic mass is 35.5. The predicted molar refractivity (Wildman–Crippen MR) is 135 cm³/mol. The van der Waals surface area contributed by atoms with Crippen molar-refractivity contribution in [2.45, 2.75) is 19.4 Å². The van der Waals surface area contributed by atoms with Crippen molar-refractivity contribution >= 4 is 52.6 Å². The molecule has 0 bridgehead atoms. The minimum atomic E-state index is -0.517. The summed E-state index contributed by atoms with van der Waals surface area (Å²) < 4.78 is 5.59. The molecule has 3 aromatic rings. The topological polar surface area (TPSA) is 53.9 Å². The minimum Gasteiger partial charge on any atom is -0.496 e. The van der Waals surface area contributed by atoms with Crippen LogP contribution in [0.1, 0.15) is 33.5 Å². The third-order valence-electron chi connectivity index (χ3n) is 5.49. The van der Waals surface area contributed by atoms with Crippen LogP contribution in [0.25, 0.3) is 0 Å². The van der Waals surface area contributed by atoms with Gasteiger partial charge in [0.15, 0.2) is 0 Å². The molecule has 0 aliphatic carbocycles. The molecule has 0 fully saturated rings. The van der Waals surface area contributed by atoms with Crippen molar-refractivity contribution < 1.29 is 9.53 Å². The number of hydrogen-bond acceptors (Lipinski definition) is 4. The first-order chi connectivity index (χ1) is 16.0. The normalized spacial score (nSPS) is 13.2. The number of hydrazone groups is 1. The molecule has 0 saturated carbocycles. The zero-order valence-electron chi connectivity index (χ0n) is 17.9. The average molecular weight is 503 g/mol. The number of rotatable bonds is 6. The summed E-state index contributed by atoms with van der Waals surface area (Å²) in [6.07, 6.45) is 3.78. The fraction of sp³-hybridized carbons (Fsp3) is 0.200. The lowest BCUT2D eigenvalue weighted by Crippen LogP contribution is -2.29. The second kappa shape index (κ2) is 10.5. The third kappa shape index (κ3) is 5.44. The number of nitrogens with one attached hydrogen (secondary N) is 1. The highest BCUT2D eigenvalue weighted by Crippen LogP contribution is 2.31. The number of para-hydroxylation sites is 1. The number of halogens is 3. The Kier molecular flexibility index (Phi) is 7.43. The largest absolute Gasteiger partial charge is 0.496 e. The van der Waals surface area contributed by atoms with Crippen LogP contribution in [0.5, 0.6) is 5.75 Å². The van der Waals surface area contributed by atoms with Gasteiger partial charge in [0.25, 0.3) is 5.91 Å². The van der Waals surface area contributed by atoms with Gasteiger partial charge in [0.05, 0.1) is 28.9 Å². The Balaban J connectivity index is 1.51. The van der Waals surface area contributed by atoms with Gasteiger partial charge in [-0.05, 0) is 60.4 Å². The van der Waals surface area contributed by atoms with Gasteiger partial charge in [0.2, 0.25) is 0 Å². The number of aryl methyl sites for hydroxylation is 1. The molecule has 170 valence electrons. The number of nitrogens with zero attached hydrogens (tertiary/aromatic N) is 2. The van der Waals surface area contributed by atoms with Crippen LogP contribution in [0.4, 0.5) is 5.69 Å². The zero-order valence-corrected chi connectivity index (χ0v) is 20.2. The van der Waals surface area contributed by atoms with Crippen molar-refractivity contribution in [1.29, 1.82) is 0 Å². The molecule has 0 spiro atoms. The second-order valence-corrected chi connectivity index (χ2v) is 8.92. The van der Waals surface area contributed by atoms with E-state index in [2.05, 4.69) is 39.7 Å². The summed E-state index contributed by atoms with van der Waals surface area (Å²) in [5, 5.41) is 4.75. The van der Waals surface area contributed by atoms with Gasteiger partial charge >= 0.3 is 0 Å². The number of carbonyl (C=O) groups excluding carboxylic acids is 1. The van der Waals surface area contributed by atoms with Crippen molar-refractivity contribution in [1.82, 2.24) is 5.43 Å². The molecule has 0 atom stereocenters. The number of ether oxygens (including phenoxy) is 1. The second-order valence-electron chi connectivity index (χ2n) is 7.67. The predicted octanol–water partition coefficient (Wildman–Crippen LogP) is 6.37. The van der Waals surface area contributed by atoms with Gasteiger partial charge in [0.1, 0.15) is 5.75 Å². The molecule has 0 radical (unpaired) electrons. The van der Waals surface area contributed by atoms with Gasteiger partial charge in [-0.1, -0.05) is 53.0 Å². The number of methoxy groups -OCH3 is 1. The van der Waals surface area contributed by atoms with Crippen LogP contribution in [0.2, 0.25) is 15.1 Å². The average Bonchev–Trinajstić information content (AvgIpc) is 2.79. The van der Waals surface area contributed by atoms with Crippen LogP contribution < -0.4 is 15.1 Å². The Morgan fingerprint density at radius 1 is 1.12 bits per heavy atom. The van der Waals surface area contributed by atoms with Gasteiger partial charge in [-0.25, -0.2) is 5.43 Å². The van der Waals surface area contributed by atoms with Gasteiger partial charge in [-0.3, -0.25) is 4.79 Å². The van der Waals surface area contributed by atoms with Crippen LogP contribution >= 0.6 is 34.8 Å². The monoisotopic (exact) mass is 501 g/mol. The molecule has 33 heavy (non-hydrogen) atoms. The molecular formula is C25H22Cl3N3O2. The van der Waals surface area contributed by atoms with Crippen LogP contribution in [-0.4, -0.2) is 25.8 Å². The molecule has 8 heteroatoms. The number of carbonyl (C=O) groups is 1. The van der Waals surface area contributed by atoms with E-state index in [4.69, 9.17) is 39.5 Å². The third-order valence-corrected chi connectivity index (χ3v) is 6.30. The lowest BCUT2D eigenvalue weighted by Gasteiger charge is -2.31. The zero-order chi connectivity index (χ0) is 23.4. The van der Waals surface area contributed by atoms with Crippen LogP contribution in [-0.2, 0) is 13.0 Å². The van der Waals surface area contributed by atoms with Gasteiger partial charge in [-0.15, -0.1) is 0 Å². The fourth-order valence-corrected chi connectivity index (χ4v) is 4.95. The maximum Gasteiger partial charge on any atom is 0.274 e. The molecule has 0 unspecified atom stereocenters. The van der Waals surface area contributed by atoms with E-state index in [-0.39, 0.29) is 15.6 Å². The summed E-state index contributed by atoms with van der Waals surface area (Å²) in [5.74, 6) is 0.288. The van der Waals surface area contributed by atoms with Gasteiger partial charge in [0, 0.05) is 29.4 Å². The van der Waals surface area contributed by atoms with E-state index in [0.29, 0.717) is 11.6 Å². The Labute approximate surface area is 207 Å².